The van der Waals surface area contributed by atoms with Crippen LogP contribution in [0.15, 0.2) is 12.1 Å². The molecule has 0 unspecified atom stereocenters. The normalized spacial score (nSPS) is 16.2. The Balaban J connectivity index is 2.27. The second-order valence-electron chi connectivity index (χ2n) is 5.28. The fraction of sp³-hybridized carbons (Fsp3) is 0.538. The summed E-state index contributed by atoms with van der Waals surface area (Å²) in [6, 6.07) is 2.81. The summed E-state index contributed by atoms with van der Waals surface area (Å²) in [6.45, 7) is 1.25. The predicted molar refractivity (Wildman–Crippen MR) is 76.8 cm³/mol. The zero-order valence-corrected chi connectivity index (χ0v) is 12.0. The van der Waals surface area contributed by atoms with E-state index in [1.54, 1.807) is 4.90 Å². The summed E-state index contributed by atoms with van der Waals surface area (Å²) in [6.07, 6.45) is 1.73. The average molecular weight is 294 g/mol. The first kappa shape index (κ1) is 15.2. The lowest BCUT2D eigenvalue weighted by atomic mass is 10.0. The molecule has 0 bridgehead atoms. The Morgan fingerprint density at radius 1 is 1.43 bits per heavy atom. The number of hydrogen-bond donors (Lipinski definition) is 1. The number of piperidine rings is 1. The molecule has 2 heterocycles. The summed E-state index contributed by atoms with van der Waals surface area (Å²) < 4.78 is 0. The first-order valence-electron chi connectivity index (χ1n) is 6.70. The summed E-state index contributed by atoms with van der Waals surface area (Å²) in [5, 5.41) is 20.1. The molecule has 1 N–H and O–H groups in total. The van der Waals surface area contributed by atoms with E-state index in [1.165, 1.54) is 6.07 Å². The number of aromatic nitrogens is 1. The van der Waals surface area contributed by atoms with Crippen molar-refractivity contribution in [2.75, 3.05) is 32.1 Å². The van der Waals surface area contributed by atoms with Crippen molar-refractivity contribution in [2.45, 2.75) is 18.9 Å². The van der Waals surface area contributed by atoms with Gasteiger partial charge in [0.05, 0.1) is 4.92 Å². The molecule has 0 spiro atoms. The van der Waals surface area contributed by atoms with Crippen molar-refractivity contribution >= 4 is 17.5 Å². The minimum Gasteiger partial charge on any atom is -0.477 e. The largest absolute Gasteiger partial charge is 0.477 e. The zero-order chi connectivity index (χ0) is 15.6. The van der Waals surface area contributed by atoms with Gasteiger partial charge in [-0.05, 0) is 33.0 Å². The summed E-state index contributed by atoms with van der Waals surface area (Å²) in [4.78, 5) is 29.5. The number of carboxylic acids is 1. The maximum atomic E-state index is 11.1. The standard InChI is InChI=1S/C13H18N4O4/c1-15(2)9-5-7-16(8-6-9)12-11(17(20)21)4-3-10(14-12)13(18)19/h3-4,9H,5-8H2,1-2H3,(H,18,19). The number of anilines is 1. The highest BCUT2D eigenvalue weighted by Gasteiger charge is 2.27. The van der Waals surface area contributed by atoms with Gasteiger partial charge in [0.15, 0.2) is 5.69 Å². The lowest BCUT2D eigenvalue weighted by Gasteiger charge is -2.35. The van der Waals surface area contributed by atoms with Crippen LogP contribution in [0.5, 0.6) is 0 Å². The van der Waals surface area contributed by atoms with Gasteiger partial charge in [-0.2, -0.15) is 0 Å². The molecule has 0 atom stereocenters. The van der Waals surface area contributed by atoms with E-state index in [2.05, 4.69) is 9.88 Å². The van der Waals surface area contributed by atoms with Crippen LogP contribution in [0, 0.1) is 10.1 Å². The SMILES string of the molecule is CN(C)C1CCN(c2nc(C(=O)O)ccc2[N+](=O)[O-])CC1. The number of carboxylic acid groups (broad SMARTS) is 1. The van der Waals surface area contributed by atoms with Gasteiger partial charge in [-0.1, -0.05) is 0 Å². The van der Waals surface area contributed by atoms with Gasteiger partial charge in [0.1, 0.15) is 0 Å². The fourth-order valence-corrected chi connectivity index (χ4v) is 2.53. The second kappa shape index (κ2) is 6.04. The molecule has 8 nitrogen and oxygen atoms in total. The number of hydrogen-bond acceptors (Lipinski definition) is 6. The van der Waals surface area contributed by atoms with Crippen molar-refractivity contribution in [3.05, 3.63) is 27.9 Å². The summed E-state index contributed by atoms with van der Waals surface area (Å²) in [5.74, 6) is -1.04. The molecule has 2 rings (SSSR count). The van der Waals surface area contributed by atoms with E-state index in [0.29, 0.717) is 19.1 Å². The average Bonchev–Trinajstić information content (AvgIpc) is 2.46. The van der Waals surface area contributed by atoms with Crippen molar-refractivity contribution in [1.29, 1.82) is 0 Å². The second-order valence-corrected chi connectivity index (χ2v) is 5.28. The number of rotatable bonds is 4. The Morgan fingerprint density at radius 3 is 2.52 bits per heavy atom. The van der Waals surface area contributed by atoms with Gasteiger partial charge < -0.3 is 14.9 Å². The maximum absolute atomic E-state index is 11.1. The van der Waals surface area contributed by atoms with Crippen LogP contribution in [0.2, 0.25) is 0 Å². The van der Waals surface area contributed by atoms with Crippen molar-refractivity contribution in [3.63, 3.8) is 0 Å². The minimum absolute atomic E-state index is 0.150. The van der Waals surface area contributed by atoms with Crippen molar-refractivity contribution < 1.29 is 14.8 Å². The molecule has 1 aromatic heterocycles. The third kappa shape index (κ3) is 3.27. The Morgan fingerprint density at radius 2 is 2.05 bits per heavy atom. The zero-order valence-electron chi connectivity index (χ0n) is 12.0. The molecule has 1 aliphatic heterocycles. The number of nitro groups is 1. The third-order valence-electron chi connectivity index (χ3n) is 3.76. The molecular weight excluding hydrogens is 276 g/mol. The van der Waals surface area contributed by atoms with Gasteiger partial charge in [0.25, 0.3) is 0 Å². The first-order valence-corrected chi connectivity index (χ1v) is 6.70. The number of aromatic carboxylic acids is 1. The fourth-order valence-electron chi connectivity index (χ4n) is 2.53. The lowest BCUT2D eigenvalue weighted by molar-refractivity contribution is -0.384. The molecule has 114 valence electrons. The Kier molecular flexibility index (Phi) is 4.37. The van der Waals surface area contributed by atoms with E-state index in [-0.39, 0.29) is 17.2 Å². The summed E-state index contributed by atoms with van der Waals surface area (Å²) in [7, 11) is 4.01. The van der Waals surface area contributed by atoms with Gasteiger partial charge in [0.2, 0.25) is 5.82 Å². The molecule has 0 radical (unpaired) electrons. The molecule has 1 aromatic rings. The van der Waals surface area contributed by atoms with Crippen molar-refractivity contribution in [3.8, 4) is 0 Å². The molecule has 0 saturated carbocycles. The molecule has 1 aliphatic rings. The summed E-state index contributed by atoms with van der Waals surface area (Å²) in [5.41, 5.74) is -0.325. The van der Waals surface area contributed by atoms with Crippen LogP contribution in [0.4, 0.5) is 11.5 Å². The molecule has 21 heavy (non-hydrogen) atoms. The van der Waals surface area contributed by atoms with E-state index in [1.807, 2.05) is 14.1 Å². The number of nitrogens with zero attached hydrogens (tertiary/aromatic N) is 4. The minimum atomic E-state index is -1.19. The highest BCUT2D eigenvalue weighted by Crippen LogP contribution is 2.29. The van der Waals surface area contributed by atoms with Crippen LogP contribution < -0.4 is 4.90 Å². The maximum Gasteiger partial charge on any atom is 0.354 e. The van der Waals surface area contributed by atoms with E-state index < -0.39 is 10.9 Å². The Hall–Kier alpha value is -2.22. The molecule has 8 heteroatoms. The van der Waals surface area contributed by atoms with E-state index in [9.17, 15) is 14.9 Å². The van der Waals surface area contributed by atoms with Crippen LogP contribution >= 0.6 is 0 Å². The van der Waals surface area contributed by atoms with Crippen molar-refractivity contribution in [1.82, 2.24) is 9.88 Å². The van der Waals surface area contributed by atoms with Crippen molar-refractivity contribution in [2.24, 2.45) is 0 Å². The van der Waals surface area contributed by atoms with E-state index in [0.717, 1.165) is 18.9 Å². The molecule has 0 aromatic carbocycles. The van der Waals surface area contributed by atoms with Gasteiger partial charge >= 0.3 is 11.7 Å². The summed E-state index contributed by atoms with van der Waals surface area (Å²) >= 11 is 0. The Bertz CT molecular complexity index is 553. The molecule has 0 amide bonds. The van der Waals surface area contributed by atoms with Crippen LogP contribution in [0.1, 0.15) is 23.3 Å². The van der Waals surface area contributed by atoms with Gasteiger partial charge in [-0.15, -0.1) is 0 Å². The van der Waals surface area contributed by atoms with Crippen LogP contribution in [0.25, 0.3) is 0 Å². The first-order chi connectivity index (χ1) is 9.90. The Labute approximate surface area is 122 Å². The molecule has 0 aliphatic carbocycles. The molecular formula is C13H18N4O4. The highest BCUT2D eigenvalue weighted by molar-refractivity contribution is 5.86. The van der Waals surface area contributed by atoms with Crippen LogP contribution in [-0.4, -0.2) is 59.1 Å². The van der Waals surface area contributed by atoms with Gasteiger partial charge in [-0.3, -0.25) is 10.1 Å². The molecule has 1 fully saturated rings. The predicted octanol–water partition coefficient (Wildman–Crippen LogP) is 1.22. The lowest BCUT2D eigenvalue weighted by Crippen LogP contribution is -2.42. The van der Waals surface area contributed by atoms with Gasteiger partial charge in [0, 0.05) is 25.2 Å². The monoisotopic (exact) mass is 294 g/mol. The topological polar surface area (TPSA) is 99.8 Å². The third-order valence-corrected chi connectivity index (χ3v) is 3.76. The quantitative estimate of drug-likeness (QED) is 0.658. The number of carbonyl (C=O) groups is 1. The molecule has 1 saturated heterocycles. The van der Waals surface area contributed by atoms with E-state index >= 15 is 0 Å². The van der Waals surface area contributed by atoms with Gasteiger partial charge in [-0.25, -0.2) is 9.78 Å². The van der Waals surface area contributed by atoms with Crippen LogP contribution in [-0.2, 0) is 0 Å². The van der Waals surface area contributed by atoms with E-state index in [4.69, 9.17) is 5.11 Å². The smallest absolute Gasteiger partial charge is 0.354 e. The highest BCUT2D eigenvalue weighted by atomic mass is 16.6. The van der Waals surface area contributed by atoms with Crippen LogP contribution in [0.3, 0.4) is 0 Å². The number of pyridine rings is 1.